The van der Waals surface area contributed by atoms with E-state index in [1.807, 2.05) is 30.3 Å². The third kappa shape index (κ3) is 4.45. The van der Waals surface area contributed by atoms with Gasteiger partial charge in [0.2, 0.25) is 5.91 Å². The Morgan fingerprint density at radius 2 is 1.96 bits per heavy atom. The average Bonchev–Trinajstić information content (AvgIpc) is 2.64. The zero-order valence-corrected chi connectivity index (χ0v) is 15.0. The molecule has 27 heavy (non-hydrogen) atoms. The van der Waals surface area contributed by atoms with Crippen molar-refractivity contribution in [3.8, 4) is 0 Å². The summed E-state index contributed by atoms with van der Waals surface area (Å²) in [4.78, 5) is 22.8. The molecule has 0 spiro atoms. The number of carboxylic acids is 1. The molecule has 0 saturated carbocycles. The molecule has 1 amide bonds. The van der Waals surface area contributed by atoms with Crippen LogP contribution in [0.4, 0.5) is 0 Å². The van der Waals surface area contributed by atoms with Gasteiger partial charge in [-0.2, -0.15) is 0 Å². The first-order valence-electron chi connectivity index (χ1n) is 8.67. The Balaban J connectivity index is 1.85. The third-order valence-corrected chi connectivity index (χ3v) is 4.51. The summed E-state index contributed by atoms with van der Waals surface area (Å²) >= 11 is 0. The van der Waals surface area contributed by atoms with Gasteiger partial charge < -0.3 is 34.5 Å². The molecule has 0 aromatic heterocycles. The molecule has 1 aromatic rings. The fraction of sp³-hybridized carbons (Fsp3) is 0.556. The lowest BCUT2D eigenvalue weighted by molar-refractivity contribution is -0.344. The molecule has 148 valence electrons. The summed E-state index contributed by atoms with van der Waals surface area (Å²) in [6.07, 6.45) is -5.61. The molecule has 2 aliphatic rings. The minimum absolute atomic E-state index is 0.120. The van der Waals surface area contributed by atoms with Gasteiger partial charge in [0, 0.05) is 12.5 Å². The van der Waals surface area contributed by atoms with E-state index in [2.05, 4.69) is 5.32 Å². The van der Waals surface area contributed by atoms with Crippen molar-refractivity contribution in [2.45, 2.75) is 56.9 Å². The van der Waals surface area contributed by atoms with Crippen molar-refractivity contribution in [1.82, 2.24) is 5.32 Å². The predicted molar refractivity (Wildman–Crippen MR) is 90.5 cm³/mol. The fourth-order valence-corrected chi connectivity index (χ4v) is 3.21. The Kier molecular flexibility index (Phi) is 6.08. The van der Waals surface area contributed by atoms with Crippen molar-refractivity contribution in [1.29, 1.82) is 0 Å². The number of benzene rings is 1. The van der Waals surface area contributed by atoms with Crippen LogP contribution < -0.4 is 5.32 Å². The van der Waals surface area contributed by atoms with E-state index in [1.54, 1.807) is 0 Å². The first-order valence-corrected chi connectivity index (χ1v) is 8.67. The fourth-order valence-electron chi connectivity index (χ4n) is 3.21. The van der Waals surface area contributed by atoms with Gasteiger partial charge in [0.25, 0.3) is 0 Å². The molecule has 1 aromatic carbocycles. The second kappa shape index (κ2) is 8.32. The van der Waals surface area contributed by atoms with Crippen LogP contribution >= 0.6 is 0 Å². The number of aliphatic hydroxyl groups is 1. The summed E-state index contributed by atoms with van der Waals surface area (Å²) in [5.41, 5.74) is 0.781. The lowest BCUT2D eigenvalue weighted by Crippen LogP contribution is -2.67. The zero-order valence-electron chi connectivity index (χ0n) is 15.0. The summed E-state index contributed by atoms with van der Waals surface area (Å²) in [7, 11) is 0. The molecule has 2 saturated heterocycles. The minimum Gasteiger partial charge on any atom is -0.479 e. The van der Waals surface area contributed by atoms with E-state index in [-0.39, 0.29) is 6.61 Å². The van der Waals surface area contributed by atoms with Crippen LogP contribution in [0.5, 0.6) is 0 Å². The molecule has 3 rings (SSSR count). The zero-order chi connectivity index (χ0) is 19.6. The standard InChI is InChI=1S/C18H23NO8/c1-9(16(21)22)25-15-13(19-10(2)20)17(23)26-12-8-24-18(27-14(12)15)11-6-4-3-5-7-11/h3-7,9,12-15,17-18,23H,8H2,1-2H3,(H,19,20)(H,21,22)/t9?,12?,13-,14+,15?,17+,18?/m1/s1. The average molecular weight is 381 g/mol. The van der Waals surface area contributed by atoms with Gasteiger partial charge in [-0.1, -0.05) is 30.3 Å². The van der Waals surface area contributed by atoms with Crippen molar-refractivity contribution in [3.63, 3.8) is 0 Å². The van der Waals surface area contributed by atoms with Crippen molar-refractivity contribution < 1.29 is 38.7 Å². The predicted octanol–water partition coefficient (Wildman–Crippen LogP) is 0.181. The highest BCUT2D eigenvalue weighted by atomic mass is 16.7. The van der Waals surface area contributed by atoms with Gasteiger partial charge in [-0.05, 0) is 6.92 Å². The highest BCUT2D eigenvalue weighted by Crippen LogP contribution is 2.35. The van der Waals surface area contributed by atoms with E-state index < -0.39 is 54.9 Å². The number of ether oxygens (including phenoxy) is 4. The molecule has 2 fully saturated rings. The number of fused-ring (bicyclic) bond motifs is 1. The molecule has 0 radical (unpaired) electrons. The molecule has 9 nitrogen and oxygen atoms in total. The van der Waals surface area contributed by atoms with Crippen LogP contribution in [-0.2, 0) is 28.5 Å². The second-order valence-electron chi connectivity index (χ2n) is 6.55. The number of rotatable bonds is 5. The number of carbonyl (C=O) groups excluding carboxylic acids is 1. The van der Waals surface area contributed by atoms with Crippen LogP contribution in [0.15, 0.2) is 30.3 Å². The maximum Gasteiger partial charge on any atom is 0.332 e. The number of amides is 1. The normalized spacial score (nSPS) is 34.3. The van der Waals surface area contributed by atoms with Gasteiger partial charge in [-0.3, -0.25) is 4.79 Å². The van der Waals surface area contributed by atoms with Crippen LogP contribution in [0.2, 0.25) is 0 Å². The first-order chi connectivity index (χ1) is 12.9. The van der Waals surface area contributed by atoms with Gasteiger partial charge in [0.1, 0.15) is 24.4 Å². The van der Waals surface area contributed by atoms with E-state index in [4.69, 9.17) is 18.9 Å². The molecule has 7 atom stereocenters. The summed E-state index contributed by atoms with van der Waals surface area (Å²) < 4.78 is 22.9. The van der Waals surface area contributed by atoms with Gasteiger partial charge in [0.15, 0.2) is 18.7 Å². The maximum absolute atomic E-state index is 11.6. The van der Waals surface area contributed by atoms with E-state index in [0.29, 0.717) is 0 Å². The summed E-state index contributed by atoms with van der Waals surface area (Å²) in [5, 5.41) is 22.0. The SMILES string of the molecule is CC(=O)N[C@@H]1C(OC(C)C(=O)O)[C@H]2OC(c3ccccc3)OCC2O[C@@H]1O. The van der Waals surface area contributed by atoms with E-state index in [0.717, 1.165) is 5.56 Å². The van der Waals surface area contributed by atoms with Gasteiger partial charge >= 0.3 is 5.97 Å². The van der Waals surface area contributed by atoms with Crippen LogP contribution in [0.25, 0.3) is 0 Å². The molecule has 2 heterocycles. The lowest BCUT2D eigenvalue weighted by atomic mass is 9.95. The Bertz CT molecular complexity index is 669. The van der Waals surface area contributed by atoms with Crippen LogP contribution in [0, 0.1) is 0 Å². The van der Waals surface area contributed by atoms with E-state index in [9.17, 15) is 19.8 Å². The number of carbonyl (C=O) groups is 2. The van der Waals surface area contributed by atoms with Crippen molar-refractivity contribution in [3.05, 3.63) is 35.9 Å². The number of hydrogen-bond acceptors (Lipinski definition) is 7. The van der Waals surface area contributed by atoms with Crippen LogP contribution in [0.1, 0.15) is 25.7 Å². The van der Waals surface area contributed by atoms with Gasteiger partial charge in [-0.15, -0.1) is 0 Å². The van der Waals surface area contributed by atoms with Crippen molar-refractivity contribution >= 4 is 11.9 Å². The van der Waals surface area contributed by atoms with Gasteiger partial charge in [0.05, 0.1) is 6.61 Å². The quantitative estimate of drug-likeness (QED) is 0.660. The Morgan fingerprint density at radius 1 is 1.26 bits per heavy atom. The Hall–Kier alpha value is -2.04. The summed E-state index contributed by atoms with van der Waals surface area (Å²) in [6, 6.07) is 8.24. The molecule has 3 N–H and O–H groups in total. The summed E-state index contributed by atoms with van der Waals surface area (Å²) in [5.74, 6) is -1.58. The number of nitrogens with one attached hydrogen (secondary N) is 1. The molecule has 9 heteroatoms. The van der Waals surface area contributed by atoms with Crippen LogP contribution in [0.3, 0.4) is 0 Å². The highest BCUT2D eigenvalue weighted by Gasteiger charge is 2.51. The van der Waals surface area contributed by atoms with Crippen molar-refractivity contribution in [2.24, 2.45) is 0 Å². The Morgan fingerprint density at radius 3 is 2.59 bits per heavy atom. The van der Waals surface area contributed by atoms with Gasteiger partial charge in [-0.25, -0.2) is 4.79 Å². The highest BCUT2D eigenvalue weighted by molar-refractivity contribution is 5.73. The molecular formula is C18H23NO8. The first kappa shape index (κ1) is 19.7. The number of aliphatic hydroxyl groups excluding tert-OH is 1. The number of aliphatic carboxylic acids is 1. The molecule has 0 bridgehead atoms. The van der Waals surface area contributed by atoms with Crippen LogP contribution in [-0.4, -0.2) is 65.4 Å². The van der Waals surface area contributed by atoms with Crippen molar-refractivity contribution in [2.75, 3.05) is 6.61 Å². The topological polar surface area (TPSA) is 124 Å². The summed E-state index contributed by atoms with van der Waals surface area (Å²) in [6.45, 7) is 2.78. The minimum atomic E-state index is -1.39. The Labute approximate surface area is 156 Å². The molecule has 0 aliphatic carbocycles. The van der Waals surface area contributed by atoms with E-state index in [1.165, 1.54) is 13.8 Å². The largest absolute Gasteiger partial charge is 0.479 e. The molecular weight excluding hydrogens is 358 g/mol. The number of carboxylic acid groups (broad SMARTS) is 1. The second-order valence-corrected chi connectivity index (χ2v) is 6.55. The molecule has 2 aliphatic heterocycles. The monoisotopic (exact) mass is 381 g/mol. The smallest absolute Gasteiger partial charge is 0.332 e. The maximum atomic E-state index is 11.6. The third-order valence-electron chi connectivity index (χ3n) is 4.51. The number of hydrogen-bond donors (Lipinski definition) is 3. The lowest BCUT2D eigenvalue weighted by Gasteiger charge is -2.48. The van der Waals surface area contributed by atoms with E-state index >= 15 is 0 Å². The molecule has 4 unspecified atom stereocenters.